The van der Waals surface area contributed by atoms with Crippen molar-refractivity contribution in [2.24, 2.45) is 0 Å². The summed E-state index contributed by atoms with van der Waals surface area (Å²) in [6.07, 6.45) is 2.85. The number of nitrogens with one attached hydrogen (secondary N) is 1. The quantitative estimate of drug-likeness (QED) is 0.798. The van der Waals surface area contributed by atoms with E-state index in [9.17, 15) is 13.2 Å². The number of carbonyl (C=O) groups is 1. The molecule has 0 atom stereocenters. The molecule has 150 valence electrons. The maximum atomic E-state index is 13.0. The SMILES string of the molecule is CCC(=O)N1CCCc2cc(NS(=O)(=O)c3cc(CC)ccc3OC)ccc21. The molecule has 1 aliphatic heterocycles. The van der Waals surface area contributed by atoms with Crippen LogP contribution in [0.25, 0.3) is 0 Å². The van der Waals surface area contributed by atoms with Crippen molar-refractivity contribution >= 4 is 27.3 Å². The van der Waals surface area contributed by atoms with E-state index in [1.807, 2.05) is 32.0 Å². The summed E-state index contributed by atoms with van der Waals surface area (Å²) >= 11 is 0. The highest BCUT2D eigenvalue weighted by molar-refractivity contribution is 7.92. The van der Waals surface area contributed by atoms with Gasteiger partial charge in [0.1, 0.15) is 10.6 Å². The molecule has 28 heavy (non-hydrogen) atoms. The summed E-state index contributed by atoms with van der Waals surface area (Å²) < 4.78 is 33.9. The Morgan fingerprint density at radius 2 is 1.96 bits per heavy atom. The highest BCUT2D eigenvalue weighted by Gasteiger charge is 2.24. The lowest BCUT2D eigenvalue weighted by molar-refractivity contribution is -0.118. The molecule has 0 spiro atoms. The van der Waals surface area contributed by atoms with Gasteiger partial charge in [-0.1, -0.05) is 19.9 Å². The van der Waals surface area contributed by atoms with Gasteiger partial charge in [0, 0.05) is 24.3 Å². The normalized spacial score (nSPS) is 13.8. The van der Waals surface area contributed by atoms with Crippen molar-refractivity contribution in [3.05, 3.63) is 47.5 Å². The molecular formula is C21H26N2O4S. The summed E-state index contributed by atoms with van der Waals surface area (Å²) in [5.41, 5.74) is 3.24. The third-order valence-corrected chi connectivity index (χ3v) is 6.38. The van der Waals surface area contributed by atoms with Crippen LogP contribution in [-0.2, 0) is 27.7 Å². The second kappa shape index (κ2) is 8.22. The molecule has 7 heteroatoms. The molecule has 0 fully saturated rings. The average molecular weight is 403 g/mol. The predicted octanol–water partition coefficient (Wildman–Crippen LogP) is 3.75. The molecule has 2 aromatic rings. The number of amides is 1. The Hall–Kier alpha value is -2.54. The number of sulfonamides is 1. The first kappa shape index (κ1) is 20.2. The van der Waals surface area contributed by atoms with E-state index in [0.717, 1.165) is 36.1 Å². The number of fused-ring (bicyclic) bond motifs is 1. The van der Waals surface area contributed by atoms with Crippen molar-refractivity contribution in [2.45, 2.75) is 44.4 Å². The van der Waals surface area contributed by atoms with Gasteiger partial charge in [-0.3, -0.25) is 9.52 Å². The highest BCUT2D eigenvalue weighted by Crippen LogP contribution is 2.32. The molecule has 1 amide bonds. The summed E-state index contributed by atoms with van der Waals surface area (Å²) in [4.78, 5) is 14.1. The third-order valence-electron chi connectivity index (χ3n) is 4.98. The lowest BCUT2D eigenvalue weighted by atomic mass is 10.0. The molecule has 0 saturated heterocycles. The average Bonchev–Trinajstić information content (AvgIpc) is 2.71. The fourth-order valence-corrected chi connectivity index (χ4v) is 4.74. The molecule has 0 aliphatic carbocycles. The van der Waals surface area contributed by atoms with Gasteiger partial charge < -0.3 is 9.64 Å². The van der Waals surface area contributed by atoms with E-state index in [-0.39, 0.29) is 10.8 Å². The Labute approximate surface area is 166 Å². The van der Waals surface area contributed by atoms with E-state index < -0.39 is 10.0 Å². The summed E-state index contributed by atoms with van der Waals surface area (Å²) in [7, 11) is -2.35. The number of ether oxygens (including phenoxy) is 1. The first-order valence-corrected chi connectivity index (χ1v) is 11.0. The van der Waals surface area contributed by atoms with Gasteiger partial charge in [0.15, 0.2) is 0 Å². The minimum Gasteiger partial charge on any atom is -0.495 e. The van der Waals surface area contributed by atoms with Gasteiger partial charge >= 0.3 is 0 Å². The maximum Gasteiger partial charge on any atom is 0.265 e. The number of nitrogens with zero attached hydrogens (tertiary/aromatic N) is 1. The van der Waals surface area contributed by atoms with Crippen LogP contribution in [0.3, 0.4) is 0 Å². The van der Waals surface area contributed by atoms with Crippen LogP contribution in [0.2, 0.25) is 0 Å². The topological polar surface area (TPSA) is 75.7 Å². The zero-order valence-corrected chi connectivity index (χ0v) is 17.3. The predicted molar refractivity (Wildman–Crippen MR) is 111 cm³/mol. The van der Waals surface area contributed by atoms with E-state index in [2.05, 4.69) is 4.72 Å². The number of carbonyl (C=O) groups excluding carboxylic acids is 1. The van der Waals surface area contributed by atoms with Crippen molar-refractivity contribution in [1.29, 1.82) is 0 Å². The second-order valence-corrected chi connectivity index (χ2v) is 8.44. The molecule has 6 nitrogen and oxygen atoms in total. The van der Waals surface area contributed by atoms with Crippen molar-refractivity contribution < 1.29 is 17.9 Å². The van der Waals surface area contributed by atoms with Crippen molar-refractivity contribution in [3.8, 4) is 5.75 Å². The van der Waals surface area contributed by atoms with Crippen LogP contribution in [0.5, 0.6) is 5.75 Å². The van der Waals surface area contributed by atoms with Gasteiger partial charge in [-0.25, -0.2) is 8.42 Å². The summed E-state index contributed by atoms with van der Waals surface area (Å²) in [5.74, 6) is 0.387. The van der Waals surface area contributed by atoms with Crippen LogP contribution < -0.4 is 14.4 Å². The van der Waals surface area contributed by atoms with E-state index >= 15 is 0 Å². The molecule has 1 aliphatic rings. The van der Waals surface area contributed by atoms with Crippen molar-refractivity contribution in [2.75, 3.05) is 23.3 Å². The summed E-state index contributed by atoms with van der Waals surface area (Å²) in [6.45, 7) is 4.52. The second-order valence-electron chi connectivity index (χ2n) is 6.79. The van der Waals surface area contributed by atoms with Gasteiger partial charge in [-0.05, 0) is 60.7 Å². The van der Waals surface area contributed by atoms with Gasteiger partial charge in [0.2, 0.25) is 5.91 Å². The molecule has 0 aromatic heterocycles. The minimum atomic E-state index is -3.81. The molecule has 0 radical (unpaired) electrons. The summed E-state index contributed by atoms with van der Waals surface area (Å²) in [6, 6.07) is 10.5. The van der Waals surface area contributed by atoms with E-state index in [1.54, 1.807) is 23.1 Å². The van der Waals surface area contributed by atoms with Crippen LogP contribution >= 0.6 is 0 Å². The first-order valence-electron chi connectivity index (χ1n) is 9.52. The molecule has 0 bridgehead atoms. The van der Waals surface area contributed by atoms with Gasteiger partial charge in [0.25, 0.3) is 10.0 Å². The molecule has 0 saturated carbocycles. The fourth-order valence-electron chi connectivity index (χ4n) is 3.47. The molecule has 3 rings (SSSR count). The number of hydrogen-bond acceptors (Lipinski definition) is 4. The Morgan fingerprint density at radius 1 is 1.18 bits per heavy atom. The Kier molecular flexibility index (Phi) is 5.93. The van der Waals surface area contributed by atoms with E-state index in [1.165, 1.54) is 7.11 Å². The van der Waals surface area contributed by atoms with E-state index in [4.69, 9.17) is 4.74 Å². The Bertz CT molecular complexity index is 986. The fraction of sp³-hybridized carbons (Fsp3) is 0.381. The number of methoxy groups -OCH3 is 1. The van der Waals surface area contributed by atoms with Crippen LogP contribution in [0.1, 0.15) is 37.8 Å². The van der Waals surface area contributed by atoms with Gasteiger partial charge in [-0.2, -0.15) is 0 Å². The van der Waals surface area contributed by atoms with Gasteiger partial charge in [-0.15, -0.1) is 0 Å². The number of hydrogen-bond donors (Lipinski definition) is 1. The van der Waals surface area contributed by atoms with Crippen molar-refractivity contribution in [1.82, 2.24) is 0 Å². The summed E-state index contributed by atoms with van der Waals surface area (Å²) in [5, 5.41) is 0. The Balaban J connectivity index is 1.93. The molecule has 0 unspecified atom stereocenters. The van der Waals surface area contributed by atoms with Gasteiger partial charge in [0.05, 0.1) is 7.11 Å². The number of rotatable bonds is 6. The highest BCUT2D eigenvalue weighted by atomic mass is 32.2. The first-order chi connectivity index (χ1) is 13.4. The Morgan fingerprint density at radius 3 is 2.64 bits per heavy atom. The molecule has 1 N–H and O–H groups in total. The zero-order chi connectivity index (χ0) is 20.3. The van der Waals surface area contributed by atoms with E-state index in [0.29, 0.717) is 24.4 Å². The lowest BCUT2D eigenvalue weighted by Gasteiger charge is -2.29. The minimum absolute atomic E-state index is 0.0791. The number of aryl methyl sites for hydroxylation is 2. The molecule has 2 aromatic carbocycles. The third kappa shape index (κ3) is 3.99. The standard InChI is InChI=1S/C21H26N2O4S/c1-4-15-8-11-19(27-3)20(13-15)28(25,26)22-17-9-10-18-16(14-17)7-6-12-23(18)21(24)5-2/h8-11,13-14,22H,4-7,12H2,1-3H3. The van der Waals surface area contributed by atoms with Crippen LogP contribution in [-0.4, -0.2) is 28.0 Å². The largest absolute Gasteiger partial charge is 0.495 e. The maximum absolute atomic E-state index is 13.0. The van der Waals surface area contributed by atoms with Crippen molar-refractivity contribution in [3.63, 3.8) is 0 Å². The zero-order valence-electron chi connectivity index (χ0n) is 16.5. The van der Waals surface area contributed by atoms with Crippen LogP contribution in [0.4, 0.5) is 11.4 Å². The smallest absolute Gasteiger partial charge is 0.265 e. The lowest BCUT2D eigenvalue weighted by Crippen LogP contribution is -2.34. The molecule has 1 heterocycles. The van der Waals surface area contributed by atoms with Crippen LogP contribution in [0.15, 0.2) is 41.3 Å². The number of benzene rings is 2. The number of anilines is 2. The molecular weight excluding hydrogens is 376 g/mol. The van der Waals surface area contributed by atoms with Crippen LogP contribution in [0, 0.1) is 0 Å². The monoisotopic (exact) mass is 402 g/mol.